The van der Waals surface area contributed by atoms with E-state index in [1.54, 1.807) is 24.7 Å². The Balaban J connectivity index is 1.61. The van der Waals surface area contributed by atoms with Crippen LogP contribution in [0.3, 0.4) is 0 Å². The Bertz CT molecular complexity index is 1330. The van der Waals surface area contributed by atoms with E-state index < -0.39 is 5.69 Å². The second kappa shape index (κ2) is 7.37. The van der Waals surface area contributed by atoms with Gasteiger partial charge in [0, 0.05) is 31.7 Å². The van der Waals surface area contributed by atoms with Gasteiger partial charge in [0.25, 0.3) is 11.5 Å². The zero-order chi connectivity index (χ0) is 20.7. The largest absolute Gasteiger partial charge is 0.332 e. The Morgan fingerprint density at radius 1 is 1.03 bits per heavy atom. The number of amides is 1. The Morgan fingerprint density at radius 3 is 2.41 bits per heavy atom. The lowest BCUT2D eigenvalue weighted by Crippen LogP contribution is -2.37. The quantitative estimate of drug-likeness (QED) is 0.540. The minimum atomic E-state index is -0.414. The molecule has 0 unspecified atom stereocenters. The average Bonchev–Trinajstić information content (AvgIpc) is 3.35. The molecule has 4 rings (SSSR count). The zero-order valence-electron chi connectivity index (χ0n) is 15.9. The van der Waals surface area contributed by atoms with Crippen LogP contribution in [0, 0.1) is 0 Å². The first-order valence-electron chi connectivity index (χ1n) is 8.62. The average molecular weight is 428 g/mol. The standard InChI is InChI=1S/C19H17N5O3S2/c1-22-14-15(23(2)19(27)24(3)17(14)26)21-18(22)29-12-8-6-11(7-9-12)20-16(25)13-5-4-10-28-13/h4-10H,1-3H3,(H,20,25). The van der Waals surface area contributed by atoms with Crippen molar-refractivity contribution in [2.75, 3.05) is 5.32 Å². The molecule has 10 heteroatoms. The minimum absolute atomic E-state index is 0.146. The third-order valence-corrected chi connectivity index (χ3v) is 6.42. The summed E-state index contributed by atoms with van der Waals surface area (Å²) in [4.78, 5) is 42.8. The molecule has 8 nitrogen and oxygen atoms in total. The molecule has 0 radical (unpaired) electrons. The number of fused-ring (bicyclic) bond motifs is 1. The lowest BCUT2D eigenvalue weighted by atomic mass is 10.3. The summed E-state index contributed by atoms with van der Waals surface area (Å²) in [5.41, 5.74) is 0.619. The first-order valence-corrected chi connectivity index (χ1v) is 10.3. The molecule has 4 aromatic rings. The van der Waals surface area contributed by atoms with Gasteiger partial charge in [-0.05, 0) is 35.7 Å². The fourth-order valence-corrected chi connectivity index (χ4v) is 4.36. The number of nitrogens with zero attached hydrogens (tertiary/aromatic N) is 4. The van der Waals surface area contributed by atoms with E-state index in [0.29, 0.717) is 26.9 Å². The van der Waals surface area contributed by atoms with Gasteiger partial charge in [-0.25, -0.2) is 9.78 Å². The second-order valence-corrected chi connectivity index (χ2v) is 8.38. The summed E-state index contributed by atoms with van der Waals surface area (Å²) in [6.45, 7) is 0. The van der Waals surface area contributed by atoms with Crippen LogP contribution in [0.1, 0.15) is 9.67 Å². The van der Waals surface area contributed by atoms with Gasteiger partial charge in [-0.15, -0.1) is 11.3 Å². The fraction of sp³-hybridized carbons (Fsp3) is 0.158. The Labute approximate surface area is 173 Å². The number of carbonyl (C=O) groups is 1. The van der Waals surface area contributed by atoms with Gasteiger partial charge in [0.05, 0.1) is 4.88 Å². The van der Waals surface area contributed by atoms with Gasteiger partial charge in [-0.3, -0.25) is 18.7 Å². The number of aromatic nitrogens is 4. The van der Waals surface area contributed by atoms with Crippen molar-refractivity contribution < 1.29 is 4.79 Å². The number of benzene rings is 1. The highest BCUT2D eigenvalue weighted by molar-refractivity contribution is 7.99. The highest BCUT2D eigenvalue weighted by atomic mass is 32.2. The van der Waals surface area contributed by atoms with Gasteiger partial charge < -0.3 is 9.88 Å². The molecule has 3 aromatic heterocycles. The number of thiophene rings is 1. The zero-order valence-corrected chi connectivity index (χ0v) is 17.5. The van der Waals surface area contributed by atoms with E-state index in [4.69, 9.17) is 0 Å². The number of aryl methyl sites for hydroxylation is 2. The van der Waals surface area contributed by atoms with Crippen LogP contribution in [0.5, 0.6) is 0 Å². The van der Waals surface area contributed by atoms with Crippen LogP contribution >= 0.6 is 23.1 Å². The smallest absolute Gasteiger partial charge is 0.321 e. The van der Waals surface area contributed by atoms with E-state index in [9.17, 15) is 14.4 Å². The van der Waals surface area contributed by atoms with E-state index in [1.807, 2.05) is 35.7 Å². The lowest BCUT2D eigenvalue weighted by Gasteiger charge is -2.06. The summed E-state index contributed by atoms with van der Waals surface area (Å²) >= 11 is 2.76. The number of nitrogens with one attached hydrogen (secondary N) is 1. The van der Waals surface area contributed by atoms with Crippen molar-refractivity contribution in [3.8, 4) is 0 Å². The highest BCUT2D eigenvalue weighted by Gasteiger charge is 2.17. The van der Waals surface area contributed by atoms with Crippen molar-refractivity contribution in [2.24, 2.45) is 21.1 Å². The molecule has 0 fully saturated rings. The van der Waals surface area contributed by atoms with Crippen molar-refractivity contribution in [2.45, 2.75) is 10.1 Å². The van der Waals surface area contributed by atoms with Gasteiger partial charge in [0.2, 0.25) is 0 Å². The van der Waals surface area contributed by atoms with Crippen molar-refractivity contribution in [1.82, 2.24) is 18.7 Å². The second-order valence-electron chi connectivity index (χ2n) is 6.39. The highest BCUT2D eigenvalue weighted by Crippen LogP contribution is 2.29. The van der Waals surface area contributed by atoms with Gasteiger partial charge in [-0.1, -0.05) is 17.8 Å². The van der Waals surface area contributed by atoms with Crippen LogP contribution in [-0.4, -0.2) is 24.6 Å². The van der Waals surface area contributed by atoms with Crippen LogP contribution in [0.15, 0.2) is 61.4 Å². The Morgan fingerprint density at radius 2 is 1.76 bits per heavy atom. The monoisotopic (exact) mass is 427 g/mol. The summed E-state index contributed by atoms with van der Waals surface area (Å²) in [5.74, 6) is -0.146. The molecule has 0 saturated carbocycles. The number of rotatable bonds is 4. The first-order chi connectivity index (χ1) is 13.9. The molecule has 3 heterocycles. The lowest BCUT2D eigenvalue weighted by molar-refractivity contribution is 0.103. The molecule has 148 valence electrons. The Hall–Kier alpha value is -3.11. The summed E-state index contributed by atoms with van der Waals surface area (Å²) in [5, 5.41) is 5.30. The maximum atomic E-state index is 12.5. The third kappa shape index (κ3) is 3.40. The molecular weight excluding hydrogens is 410 g/mol. The number of anilines is 1. The molecule has 29 heavy (non-hydrogen) atoms. The van der Waals surface area contributed by atoms with Crippen molar-refractivity contribution >= 4 is 45.9 Å². The normalized spacial score (nSPS) is 11.1. The maximum absolute atomic E-state index is 12.5. The molecule has 1 amide bonds. The summed E-state index contributed by atoms with van der Waals surface area (Å²) in [6.07, 6.45) is 0. The topological polar surface area (TPSA) is 90.9 Å². The van der Waals surface area contributed by atoms with E-state index in [0.717, 1.165) is 9.46 Å². The molecule has 1 aromatic carbocycles. The summed E-state index contributed by atoms with van der Waals surface area (Å²) in [6, 6.07) is 11.0. The molecular formula is C19H17N5O3S2. The molecule has 0 aliphatic rings. The number of carbonyl (C=O) groups excluding carboxylic acids is 1. The fourth-order valence-electron chi connectivity index (χ4n) is 2.90. The van der Waals surface area contributed by atoms with Crippen LogP contribution in [0.4, 0.5) is 5.69 Å². The van der Waals surface area contributed by atoms with Gasteiger partial charge in [-0.2, -0.15) is 0 Å². The van der Waals surface area contributed by atoms with Crippen molar-refractivity contribution in [1.29, 1.82) is 0 Å². The van der Waals surface area contributed by atoms with Crippen LogP contribution < -0.4 is 16.6 Å². The Kier molecular flexibility index (Phi) is 4.89. The van der Waals surface area contributed by atoms with Crippen molar-refractivity contribution in [3.05, 3.63) is 67.5 Å². The summed E-state index contributed by atoms with van der Waals surface area (Å²) in [7, 11) is 4.79. The first kappa shape index (κ1) is 19.2. The molecule has 0 spiro atoms. The maximum Gasteiger partial charge on any atom is 0.332 e. The third-order valence-electron chi connectivity index (χ3n) is 4.50. The van der Waals surface area contributed by atoms with Crippen LogP contribution in [0.25, 0.3) is 11.2 Å². The number of imidazole rings is 1. The van der Waals surface area contributed by atoms with Crippen molar-refractivity contribution in [3.63, 3.8) is 0 Å². The van der Waals surface area contributed by atoms with Crippen LogP contribution in [0.2, 0.25) is 0 Å². The molecule has 0 saturated heterocycles. The minimum Gasteiger partial charge on any atom is -0.321 e. The number of hydrogen-bond acceptors (Lipinski definition) is 6. The molecule has 0 bridgehead atoms. The SMILES string of the molecule is Cn1c(=O)c2c(nc(Sc3ccc(NC(=O)c4cccs4)cc3)n2C)n(C)c1=O. The van der Waals surface area contributed by atoms with Gasteiger partial charge in [0.15, 0.2) is 16.3 Å². The summed E-state index contributed by atoms with van der Waals surface area (Å²) < 4.78 is 4.13. The molecule has 0 atom stereocenters. The number of hydrogen-bond donors (Lipinski definition) is 1. The molecule has 0 aliphatic carbocycles. The predicted molar refractivity (Wildman–Crippen MR) is 114 cm³/mol. The van der Waals surface area contributed by atoms with Crippen LogP contribution in [-0.2, 0) is 21.1 Å². The van der Waals surface area contributed by atoms with E-state index in [-0.39, 0.29) is 11.5 Å². The predicted octanol–water partition coefficient (Wildman–Crippen LogP) is 2.44. The van der Waals surface area contributed by atoms with Gasteiger partial charge in [0.1, 0.15) is 0 Å². The van der Waals surface area contributed by atoms with E-state index in [2.05, 4.69) is 10.3 Å². The molecule has 1 N–H and O–H groups in total. The van der Waals surface area contributed by atoms with Gasteiger partial charge >= 0.3 is 5.69 Å². The van der Waals surface area contributed by atoms with E-state index in [1.165, 1.54) is 34.7 Å². The molecule has 0 aliphatic heterocycles. The van der Waals surface area contributed by atoms with E-state index >= 15 is 0 Å².